The molecule has 1 aliphatic carbocycles. The van der Waals surface area contributed by atoms with Crippen molar-refractivity contribution in [3.05, 3.63) is 82.9 Å². The summed E-state index contributed by atoms with van der Waals surface area (Å²) in [4.78, 5) is 0. The molecule has 0 bridgehead atoms. The Labute approximate surface area is 131 Å². The van der Waals surface area contributed by atoms with Crippen molar-refractivity contribution in [1.29, 1.82) is 0 Å². The van der Waals surface area contributed by atoms with Gasteiger partial charge in [-0.1, -0.05) is 48.5 Å². The van der Waals surface area contributed by atoms with E-state index in [2.05, 4.69) is 79.8 Å². The van der Waals surface area contributed by atoms with Gasteiger partial charge in [-0.3, -0.25) is 0 Å². The van der Waals surface area contributed by atoms with Crippen LogP contribution < -0.4 is 5.32 Å². The Morgan fingerprint density at radius 1 is 0.818 bits per heavy atom. The summed E-state index contributed by atoms with van der Waals surface area (Å²) in [5.41, 5.74) is 10.7. The fraction of sp³-hybridized carbons (Fsp3) is 0.143. The van der Waals surface area contributed by atoms with Crippen LogP contribution in [0.2, 0.25) is 0 Å². The Kier molecular flexibility index (Phi) is 3.00. The second kappa shape index (κ2) is 5.03. The van der Waals surface area contributed by atoms with Crippen LogP contribution in [-0.4, -0.2) is 0 Å². The number of anilines is 2. The second-order valence-corrected chi connectivity index (χ2v) is 6.04. The van der Waals surface area contributed by atoms with E-state index in [0.29, 0.717) is 0 Å². The highest BCUT2D eigenvalue weighted by molar-refractivity contribution is 5.85. The maximum absolute atomic E-state index is 3.65. The van der Waals surface area contributed by atoms with Crippen LogP contribution in [0.15, 0.2) is 60.7 Å². The molecule has 0 aliphatic heterocycles. The van der Waals surface area contributed by atoms with Crippen molar-refractivity contribution < 1.29 is 0 Å². The van der Waals surface area contributed by atoms with Gasteiger partial charge in [0.25, 0.3) is 0 Å². The van der Waals surface area contributed by atoms with E-state index in [4.69, 9.17) is 0 Å². The number of nitrogens with one attached hydrogen (secondary N) is 1. The predicted molar refractivity (Wildman–Crippen MR) is 93.9 cm³/mol. The lowest BCUT2D eigenvalue weighted by molar-refractivity contribution is 1.23. The Morgan fingerprint density at radius 3 is 2.36 bits per heavy atom. The number of fused-ring (bicyclic) bond motifs is 3. The first-order chi connectivity index (χ1) is 10.7. The van der Waals surface area contributed by atoms with Crippen LogP contribution in [0.4, 0.5) is 11.4 Å². The maximum atomic E-state index is 3.65. The zero-order chi connectivity index (χ0) is 15.1. The SMILES string of the molecule is Cc1cc2c(c(Nc3ccccc3)c1C)Cc1ccccc1-2. The molecule has 0 spiro atoms. The largest absolute Gasteiger partial charge is 0.355 e. The van der Waals surface area contributed by atoms with E-state index in [0.717, 1.165) is 12.1 Å². The van der Waals surface area contributed by atoms with Crippen LogP contribution in [0, 0.1) is 13.8 Å². The minimum absolute atomic E-state index is 1.02. The summed E-state index contributed by atoms with van der Waals surface area (Å²) in [6, 6.07) is 21.5. The number of hydrogen-bond donors (Lipinski definition) is 1. The summed E-state index contributed by atoms with van der Waals surface area (Å²) >= 11 is 0. The molecule has 1 nitrogen and oxygen atoms in total. The van der Waals surface area contributed by atoms with Gasteiger partial charge in [0, 0.05) is 17.8 Å². The van der Waals surface area contributed by atoms with Crippen molar-refractivity contribution in [2.24, 2.45) is 0 Å². The van der Waals surface area contributed by atoms with Crippen LogP contribution in [0.1, 0.15) is 22.3 Å². The number of hydrogen-bond acceptors (Lipinski definition) is 1. The van der Waals surface area contributed by atoms with Crippen LogP contribution in [0.3, 0.4) is 0 Å². The molecule has 0 radical (unpaired) electrons. The van der Waals surface area contributed by atoms with Crippen molar-refractivity contribution in [1.82, 2.24) is 0 Å². The van der Waals surface area contributed by atoms with E-state index in [9.17, 15) is 0 Å². The van der Waals surface area contributed by atoms with Gasteiger partial charge in [0.05, 0.1) is 0 Å². The molecule has 0 amide bonds. The number of benzene rings is 3. The van der Waals surface area contributed by atoms with Crippen LogP contribution >= 0.6 is 0 Å². The normalized spacial score (nSPS) is 11.9. The van der Waals surface area contributed by atoms with E-state index in [1.54, 1.807) is 0 Å². The van der Waals surface area contributed by atoms with E-state index in [1.807, 2.05) is 0 Å². The van der Waals surface area contributed by atoms with E-state index in [-0.39, 0.29) is 0 Å². The zero-order valence-corrected chi connectivity index (χ0v) is 13.0. The zero-order valence-electron chi connectivity index (χ0n) is 13.0. The van der Waals surface area contributed by atoms with Crippen LogP contribution in [0.5, 0.6) is 0 Å². The molecule has 0 unspecified atom stereocenters. The molecule has 0 saturated heterocycles. The fourth-order valence-electron chi connectivity index (χ4n) is 3.36. The highest BCUT2D eigenvalue weighted by Gasteiger charge is 2.23. The van der Waals surface area contributed by atoms with Gasteiger partial charge in [-0.25, -0.2) is 0 Å². The van der Waals surface area contributed by atoms with E-state index in [1.165, 1.54) is 39.1 Å². The molecular weight excluding hydrogens is 266 g/mol. The van der Waals surface area contributed by atoms with Crippen molar-refractivity contribution in [2.75, 3.05) is 5.32 Å². The van der Waals surface area contributed by atoms with Crippen LogP contribution in [0.25, 0.3) is 11.1 Å². The number of rotatable bonds is 2. The first-order valence-corrected chi connectivity index (χ1v) is 7.77. The minimum Gasteiger partial charge on any atom is -0.355 e. The molecule has 1 aliphatic rings. The second-order valence-electron chi connectivity index (χ2n) is 6.04. The summed E-state index contributed by atoms with van der Waals surface area (Å²) < 4.78 is 0. The first kappa shape index (κ1) is 13.1. The average molecular weight is 285 g/mol. The summed E-state index contributed by atoms with van der Waals surface area (Å²) in [7, 11) is 0. The molecule has 4 rings (SSSR count). The standard InChI is InChI=1S/C21H19N/c1-14-12-19-18-11-7-6-8-16(18)13-20(19)21(15(14)2)22-17-9-4-3-5-10-17/h3-12,22H,13H2,1-2H3. The van der Waals surface area contributed by atoms with Gasteiger partial charge in [-0.15, -0.1) is 0 Å². The Morgan fingerprint density at radius 2 is 1.55 bits per heavy atom. The third-order valence-electron chi connectivity index (χ3n) is 4.67. The monoisotopic (exact) mass is 285 g/mol. The molecule has 0 saturated carbocycles. The molecule has 1 heteroatoms. The molecule has 22 heavy (non-hydrogen) atoms. The molecule has 0 heterocycles. The summed E-state index contributed by atoms with van der Waals surface area (Å²) in [5, 5.41) is 3.65. The summed E-state index contributed by atoms with van der Waals surface area (Å²) in [6.07, 6.45) is 1.02. The predicted octanol–water partition coefficient (Wildman–Crippen LogP) is 5.62. The molecule has 0 fully saturated rings. The van der Waals surface area contributed by atoms with Gasteiger partial charge < -0.3 is 5.32 Å². The maximum Gasteiger partial charge on any atom is 0.0458 e. The van der Waals surface area contributed by atoms with Gasteiger partial charge in [-0.2, -0.15) is 0 Å². The molecule has 3 aromatic rings. The molecule has 0 aromatic heterocycles. The van der Waals surface area contributed by atoms with E-state index >= 15 is 0 Å². The lowest BCUT2D eigenvalue weighted by atomic mass is 9.97. The molecule has 3 aromatic carbocycles. The van der Waals surface area contributed by atoms with Crippen molar-refractivity contribution in [3.8, 4) is 11.1 Å². The third-order valence-corrected chi connectivity index (χ3v) is 4.67. The Balaban J connectivity index is 1.88. The van der Waals surface area contributed by atoms with Gasteiger partial charge in [0.1, 0.15) is 0 Å². The summed E-state index contributed by atoms with van der Waals surface area (Å²) in [5.74, 6) is 0. The third kappa shape index (κ3) is 2.01. The lowest BCUT2D eigenvalue weighted by Gasteiger charge is -2.17. The van der Waals surface area contributed by atoms with Crippen molar-refractivity contribution >= 4 is 11.4 Å². The van der Waals surface area contributed by atoms with Gasteiger partial charge in [0.2, 0.25) is 0 Å². The first-order valence-electron chi connectivity index (χ1n) is 7.77. The molecular formula is C21H19N. The van der Waals surface area contributed by atoms with Gasteiger partial charge >= 0.3 is 0 Å². The molecule has 1 N–H and O–H groups in total. The van der Waals surface area contributed by atoms with Gasteiger partial charge in [0.15, 0.2) is 0 Å². The molecule has 0 atom stereocenters. The minimum atomic E-state index is 1.02. The number of para-hydroxylation sites is 1. The van der Waals surface area contributed by atoms with Crippen LogP contribution in [-0.2, 0) is 6.42 Å². The fourth-order valence-corrected chi connectivity index (χ4v) is 3.36. The highest BCUT2D eigenvalue weighted by Crippen LogP contribution is 2.43. The smallest absolute Gasteiger partial charge is 0.0458 e. The Bertz CT molecular complexity index is 847. The Hall–Kier alpha value is -2.54. The quantitative estimate of drug-likeness (QED) is 0.504. The van der Waals surface area contributed by atoms with E-state index < -0.39 is 0 Å². The lowest BCUT2D eigenvalue weighted by Crippen LogP contribution is -2.00. The van der Waals surface area contributed by atoms with Crippen molar-refractivity contribution in [3.63, 3.8) is 0 Å². The van der Waals surface area contributed by atoms with Gasteiger partial charge in [-0.05, 0) is 59.4 Å². The van der Waals surface area contributed by atoms with Crippen molar-refractivity contribution in [2.45, 2.75) is 20.3 Å². The highest BCUT2D eigenvalue weighted by atomic mass is 14.9. The molecule has 108 valence electrons. The summed E-state index contributed by atoms with van der Waals surface area (Å²) in [6.45, 7) is 4.41. The average Bonchev–Trinajstić information content (AvgIpc) is 2.91. The topological polar surface area (TPSA) is 12.0 Å². The number of aryl methyl sites for hydroxylation is 1.